The molecule has 1 fully saturated rings. The smallest absolute Gasteiger partial charge is 0.229 e. The number of hydrogen-bond acceptors (Lipinski definition) is 8. The minimum atomic E-state index is 0.499. The summed E-state index contributed by atoms with van der Waals surface area (Å²) in [5.41, 5.74) is 4.00. The van der Waals surface area contributed by atoms with Gasteiger partial charge in [0.1, 0.15) is 5.82 Å². The Morgan fingerprint density at radius 3 is 2.31 bits per heavy atom. The Labute approximate surface area is 204 Å². The highest BCUT2D eigenvalue weighted by Gasteiger charge is 2.15. The number of fused-ring (bicyclic) bond motifs is 1. The molecule has 35 heavy (non-hydrogen) atoms. The van der Waals surface area contributed by atoms with Gasteiger partial charge in [-0.15, -0.1) is 0 Å². The summed E-state index contributed by atoms with van der Waals surface area (Å²) >= 11 is 0. The molecule has 0 atom stereocenters. The fraction of sp³-hybridized carbons (Fsp3) is 0.259. The first-order valence-electron chi connectivity index (χ1n) is 11.6. The molecule has 0 bridgehead atoms. The number of morpholine rings is 1. The Morgan fingerprint density at radius 1 is 0.886 bits per heavy atom. The normalized spacial score (nSPS) is 13.5. The third-order valence-electron chi connectivity index (χ3n) is 6.00. The van der Waals surface area contributed by atoms with Crippen LogP contribution in [0.1, 0.15) is 5.56 Å². The van der Waals surface area contributed by atoms with Crippen molar-refractivity contribution < 1.29 is 14.2 Å². The molecule has 180 valence electrons. The number of aromatic nitrogens is 2. The summed E-state index contributed by atoms with van der Waals surface area (Å²) in [6.07, 6.45) is 0. The molecule has 5 rings (SSSR count). The standard InChI is InChI=1S/C27H29N5O3/c1-33-24-16-22-23(17-25(24)34-2)30-27(31-26(22)28-18-19-6-4-3-5-7-19)29-20-8-10-21(11-9-20)32-12-14-35-15-13-32/h3-11,16-17H,12-15,18H2,1-2H3,(H2,28,29,30,31). The Hall–Kier alpha value is -4.04. The van der Waals surface area contributed by atoms with Crippen molar-refractivity contribution in [2.45, 2.75) is 6.54 Å². The van der Waals surface area contributed by atoms with Gasteiger partial charge in [0.2, 0.25) is 5.95 Å². The van der Waals surface area contributed by atoms with E-state index in [1.165, 1.54) is 5.69 Å². The first kappa shape index (κ1) is 22.7. The van der Waals surface area contributed by atoms with Crippen molar-refractivity contribution in [3.05, 3.63) is 72.3 Å². The van der Waals surface area contributed by atoms with Crippen LogP contribution >= 0.6 is 0 Å². The van der Waals surface area contributed by atoms with Crippen LogP contribution in [0, 0.1) is 0 Å². The van der Waals surface area contributed by atoms with Gasteiger partial charge in [-0.2, -0.15) is 4.98 Å². The van der Waals surface area contributed by atoms with Crippen LogP contribution in [0.2, 0.25) is 0 Å². The van der Waals surface area contributed by atoms with Crippen LogP contribution in [-0.4, -0.2) is 50.5 Å². The van der Waals surface area contributed by atoms with Gasteiger partial charge < -0.3 is 29.7 Å². The third kappa shape index (κ3) is 5.22. The molecule has 0 saturated carbocycles. The summed E-state index contributed by atoms with van der Waals surface area (Å²) in [7, 11) is 3.24. The summed E-state index contributed by atoms with van der Waals surface area (Å²) in [5, 5.41) is 7.67. The molecule has 1 aromatic heterocycles. The summed E-state index contributed by atoms with van der Waals surface area (Å²) < 4.78 is 16.5. The van der Waals surface area contributed by atoms with Gasteiger partial charge >= 0.3 is 0 Å². The molecular weight excluding hydrogens is 442 g/mol. The van der Waals surface area contributed by atoms with Crippen molar-refractivity contribution >= 4 is 34.0 Å². The van der Waals surface area contributed by atoms with E-state index in [0.717, 1.165) is 48.5 Å². The third-order valence-corrected chi connectivity index (χ3v) is 6.00. The maximum atomic E-state index is 5.51. The zero-order valence-electron chi connectivity index (χ0n) is 20.0. The van der Waals surface area contributed by atoms with Crippen molar-refractivity contribution in [3.8, 4) is 11.5 Å². The number of hydrogen-bond donors (Lipinski definition) is 2. The lowest BCUT2D eigenvalue weighted by atomic mass is 10.2. The second kappa shape index (κ2) is 10.5. The van der Waals surface area contributed by atoms with Crippen LogP contribution in [0.3, 0.4) is 0 Å². The predicted molar refractivity (Wildman–Crippen MR) is 139 cm³/mol. The van der Waals surface area contributed by atoms with E-state index < -0.39 is 0 Å². The summed E-state index contributed by atoms with van der Waals surface area (Å²) in [4.78, 5) is 11.9. The van der Waals surface area contributed by atoms with E-state index >= 15 is 0 Å². The van der Waals surface area contributed by atoms with Crippen LogP contribution < -0.4 is 25.0 Å². The van der Waals surface area contributed by atoms with Crippen LogP contribution in [0.25, 0.3) is 10.9 Å². The molecule has 1 aliphatic heterocycles. The second-order valence-corrected chi connectivity index (χ2v) is 8.23. The van der Waals surface area contributed by atoms with Gasteiger partial charge in [0, 0.05) is 42.5 Å². The fourth-order valence-electron chi connectivity index (χ4n) is 4.13. The van der Waals surface area contributed by atoms with E-state index in [1.54, 1.807) is 14.2 Å². The quantitative estimate of drug-likeness (QED) is 0.378. The molecule has 2 heterocycles. The number of benzene rings is 3. The lowest BCUT2D eigenvalue weighted by Gasteiger charge is -2.28. The Balaban J connectivity index is 1.45. The molecule has 4 aromatic rings. The zero-order chi connectivity index (χ0) is 24.0. The lowest BCUT2D eigenvalue weighted by Crippen LogP contribution is -2.36. The van der Waals surface area contributed by atoms with E-state index in [1.807, 2.05) is 42.5 Å². The van der Waals surface area contributed by atoms with Crippen molar-refractivity contribution in [3.63, 3.8) is 0 Å². The highest BCUT2D eigenvalue weighted by atomic mass is 16.5. The van der Waals surface area contributed by atoms with Crippen LogP contribution in [0.15, 0.2) is 66.7 Å². The number of nitrogens with one attached hydrogen (secondary N) is 2. The minimum absolute atomic E-state index is 0.499. The average molecular weight is 472 g/mol. The highest BCUT2D eigenvalue weighted by molar-refractivity contribution is 5.93. The van der Waals surface area contributed by atoms with Gasteiger partial charge in [0.15, 0.2) is 11.5 Å². The molecule has 0 unspecified atom stereocenters. The molecule has 0 amide bonds. The summed E-state index contributed by atoms with van der Waals surface area (Å²) in [6.45, 7) is 3.97. The molecule has 1 saturated heterocycles. The number of anilines is 4. The topological polar surface area (TPSA) is 80.8 Å². The molecule has 0 spiro atoms. The van der Waals surface area contributed by atoms with Crippen LogP contribution in [0.5, 0.6) is 11.5 Å². The number of methoxy groups -OCH3 is 2. The zero-order valence-corrected chi connectivity index (χ0v) is 20.0. The Bertz CT molecular complexity index is 1280. The molecule has 2 N–H and O–H groups in total. The minimum Gasteiger partial charge on any atom is -0.493 e. The van der Waals surface area contributed by atoms with Crippen molar-refractivity contribution in [1.29, 1.82) is 0 Å². The molecule has 8 nitrogen and oxygen atoms in total. The van der Waals surface area contributed by atoms with E-state index in [9.17, 15) is 0 Å². The molecule has 3 aromatic carbocycles. The van der Waals surface area contributed by atoms with Crippen LogP contribution in [-0.2, 0) is 11.3 Å². The summed E-state index contributed by atoms with van der Waals surface area (Å²) in [5.74, 6) is 2.46. The highest BCUT2D eigenvalue weighted by Crippen LogP contribution is 2.35. The SMILES string of the molecule is COc1cc2nc(Nc3ccc(N4CCOCC4)cc3)nc(NCc3ccccc3)c2cc1OC. The van der Waals surface area contributed by atoms with Gasteiger partial charge in [0.05, 0.1) is 33.0 Å². The van der Waals surface area contributed by atoms with Gasteiger partial charge in [-0.3, -0.25) is 0 Å². The van der Waals surface area contributed by atoms with Gasteiger partial charge in [-0.05, 0) is 35.9 Å². The molecule has 0 aliphatic carbocycles. The van der Waals surface area contributed by atoms with Crippen molar-refractivity contribution in [2.24, 2.45) is 0 Å². The first-order valence-corrected chi connectivity index (χ1v) is 11.6. The Kier molecular flexibility index (Phi) is 6.81. The summed E-state index contributed by atoms with van der Waals surface area (Å²) in [6, 6.07) is 22.3. The average Bonchev–Trinajstić information content (AvgIpc) is 2.92. The van der Waals surface area contributed by atoms with Gasteiger partial charge in [-0.25, -0.2) is 4.98 Å². The number of ether oxygens (including phenoxy) is 3. The molecule has 0 radical (unpaired) electrons. The first-order chi connectivity index (χ1) is 17.2. The molecule has 8 heteroatoms. The number of rotatable bonds is 8. The van der Waals surface area contributed by atoms with E-state index in [-0.39, 0.29) is 0 Å². The van der Waals surface area contributed by atoms with Crippen LogP contribution in [0.4, 0.5) is 23.1 Å². The number of nitrogens with zero attached hydrogens (tertiary/aromatic N) is 3. The Morgan fingerprint density at radius 2 is 1.60 bits per heavy atom. The van der Waals surface area contributed by atoms with Crippen molar-refractivity contribution in [1.82, 2.24) is 9.97 Å². The second-order valence-electron chi connectivity index (χ2n) is 8.23. The maximum absolute atomic E-state index is 5.51. The largest absolute Gasteiger partial charge is 0.493 e. The van der Waals surface area contributed by atoms with E-state index in [2.05, 4.69) is 39.8 Å². The van der Waals surface area contributed by atoms with Gasteiger partial charge in [-0.1, -0.05) is 30.3 Å². The van der Waals surface area contributed by atoms with Gasteiger partial charge in [0.25, 0.3) is 0 Å². The molecule has 1 aliphatic rings. The van der Waals surface area contributed by atoms with E-state index in [0.29, 0.717) is 29.8 Å². The fourth-order valence-corrected chi connectivity index (χ4v) is 4.13. The predicted octanol–water partition coefficient (Wildman–Crippen LogP) is 4.84. The lowest BCUT2D eigenvalue weighted by molar-refractivity contribution is 0.122. The van der Waals surface area contributed by atoms with E-state index in [4.69, 9.17) is 24.2 Å². The maximum Gasteiger partial charge on any atom is 0.229 e. The monoisotopic (exact) mass is 471 g/mol. The van der Waals surface area contributed by atoms with Crippen molar-refractivity contribution in [2.75, 3.05) is 56.1 Å². The molecular formula is C27H29N5O3.